The van der Waals surface area contributed by atoms with Crippen LogP contribution in [0.3, 0.4) is 0 Å². The smallest absolute Gasteiger partial charge is 0.276 e. The maximum absolute atomic E-state index is 11.9. The summed E-state index contributed by atoms with van der Waals surface area (Å²) in [6.45, 7) is 4.44. The van der Waals surface area contributed by atoms with Gasteiger partial charge >= 0.3 is 0 Å². The summed E-state index contributed by atoms with van der Waals surface area (Å²) in [6.07, 6.45) is 0. The molecule has 2 rings (SSSR count). The predicted molar refractivity (Wildman–Crippen MR) is 70.3 cm³/mol. The first kappa shape index (κ1) is 13.5. The Kier molecular flexibility index (Phi) is 3.32. The minimum Gasteiger partial charge on any atom is -0.352 e. The molecule has 1 N–H and O–H groups in total. The average Bonchev–Trinajstić information content (AvgIpc) is 2.31. The van der Waals surface area contributed by atoms with Gasteiger partial charge < -0.3 is 10.2 Å². The highest BCUT2D eigenvalue weighted by molar-refractivity contribution is 6.29. The molecule has 2 heterocycles. The Bertz CT molecular complexity index is 547. The van der Waals surface area contributed by atoms with E-state index in [-0.39, 0.29) is 16.7 Å². The first-order chi connectivity index (χ1) is 8.82. The molecule has 0 radical (unpaired) electrons. The number of pyridine rings is 1. The van der Waals surface area contributed by atoms with Crippen LogP contribution in [0.2, 0.25) is 5.15 Å². The van der Waals surface area contributed by atoms with Crippen molar-refractivity contribution in [3.63, 3.8) is 0 Å². The summed E-state index contributed by atoms with van der Waals surface area (Å²) in [6, 6.07) is 2.51. The second-order valence-corrected chi connectivity index (χ2v) is 5.12. The number of hydrogen-bond donors (Lipinski definition) is 1. The third kappa shape index (κ3) is 2.46. The van der Waals surface area contributed by atoms with E-state index < -0.39 is 10.5 Å². The van der Waals surface area contributed by atoms with E-state index in [1.807, 2.05) is 0 Å². The van der Waals surface area contributed by atoms with Gasteiger partial charge in [-0.2, -0.15) is 0 Å². The predicted octanol–water partition coefficient (Wildman–Crippen LogP) is 1.36. The summed E-state index contributed by atoms with van der Waals surface area (Å²) < 4.78 is 0. The third-order valence-electron chi connectivity index (χ3n) is 3.10. The van der Waals surface area contributed by atoms with Gasteiger partial charge in [-0.3, -0.25) is 14.9 Å². The number of nitrogens with one attached hydrogen (secondary N) is 1. The molecule has 1 aromatic rings. The van der Waals surface area contributed by atoms with Gasteiger partial charge in [0.1, 0.15) is 16.5 Å². The van der Waals surface area contributed by atoms with Crippen LogP contribution in [0.5, 0.6) is 0 Å². The van der Waals surface area contributed by atoms with Gasteiger partial charge in [-0.25, -0.2) is 4.98 Å². The number of halogens is 1. The zero-order chi connectivity index (χ0) is 14.2. The van der Waals surface area contributed by atoms with E-state index in [2.05, 4.69) is 10.3 Å². The Morgan fingerprint density at radius 2 is 2.21 bits per heavy atom. The molecule has 0 bridgehead atoms. The molecular formula is C11H13ClN4O3. The van der Waals surface area contributed by atoms with Gasteiger partial charge in [-0.1, -0.05) is 11.6 Å². The van der Waals surface area contributed by atoms with Crippen LogP contribution >= 0.6 is 11.6 Å². The number of aromatic nitrogens is 1. The lowest BCUT2D eigenvalue weighted by Crippen LogP contribution is -2.62. The van der Waals surface area contributed by atoms with Crippen LogP contribution in [0, 0.1) is 10.1 Å². The van der Waals surface area contributed by atoms with Crippen molar-refractivity contribution >= 4 is 29.0 Å². The number of piperazine rings is 1. The van der Waals surface area contributed by atoms with Gasteiger partial charge in [0.15, 0.2) is 0 Å². The zero-order valence-corrected chi connectivity index (χ0v) is 11.3. The molecule has 19 heavy (non-hydrogen) atoms. The number of nitrogens with zero attached hydrogens (tertiary/aromatic N) is 3. The van der Waals surface area contributed by atoms with E-state index in [0.717, 1.165) is 0 Å². The quantitative estimate of drug-likeness (QED) is 0.503. The lowest BCUT2D eigenvalue weighted by atomic mass is 9.99. The molecule has 0 spiro atoms. The summed E-state index contributed by atoms with van der Waals surface area (Å²) in [4.78, 5) is 27.9. The van der Waals surface area contributed by atoms with E-state index in [0.29, 0.717) is 18.9 Å². The number of amides is 1. The van der Waals surface area contributed by atoms with E-state index in [9.17, 15) is 14.9 Å². The molecule has 0 atom stereocenters. The molecular weight excluding hydrogens is 272 g/mol. The summed E-state index contributed by atoms with van der Waals surface area (Å²) in [5.41, 5.74) is -0.971. The van der Waals surface area contributed by atoms with Crippen LogP contribution in [0.15, 0.2) is 12.1 Å². The molecule has 1 fully saturated rings. The molecule has 1 aliphatic rings. The highest BCUT2D eigenvalue weighted by Gasteiger charge is 2.38. The van der Waals surface area contributed by atoms with E-state index in [1.165, 1.54) is 12.1 Å². The summed E-state index contributed by atoms with van der Waals surface area (Å²) in [7, 11) is 0. The molecule has 0 saturated carbocycles. The van der Waals surface area contributed by atoms with Crippen molar-refractivity contribution in [2.45, 2.75) is 19.4 Å². The molecule has 1 saturated heterocycles. The molecule has 1 aliphatic heterocycles. The second kappa shape index (κ2) is 4.65. The van der Waals surface area contributed by atoms with Crippen molar-refractivity contribution in [1.82, 2.24) is 10.3 Å². The molecule has 1 aromatic heterocycles. The van der Waals surface area contributed by atoms with Gasteiger partial charge in [0.2, 0.25) is 5.91 Å². The molecule has 0 unspecified atom stereocenters. The van der Waals surface area contributed by atoms with Crippen LogP contribution < -0.4 is 10.2 Å². The first-order valence-corrected chi connectivity index (χ1v) is 6.08. The molecule has 0 aromatic carbocycles. The second-order valence-electron chi connectivity index (χ2n) is 4.73. The summed E-state index contributed by atoms with van der Waals surface area (Å²) in [5.74, 6) is 0.183. The van der Waals surface area contributed by atoms with Crippen molar-refractivity contribution < 1.29 is 9.72 Å². The SMILES string of the molecule is CC1(C)C(=O)NCCN1c1cc([N+](=O)[O-])cc(Cl)n1. The van der Waals surface area contributed by atoms with Crippen LogP contribution in [-0.4, -0.2) is 34.4 Å². The average molecular weight is 285 g/mol. The van der Waals surface area contributed by atoms with Crippen molar-refractivity contribution in [3.05, 3.63) is 27.4 Å². The van der Waals surface area contributed by atoms with Crippen molar-refractivity contribution in [1.29, 1.82) is 0 Å². The number of anilines is 1. The van der Waals surface area contributed by atoms with Gasteiger partial charge in [0.05, 0.1) is 17.1 Å². The van der Waals surface area contributed by atoms with E-state index in [1.54, 1.807) is 18.7 Å². The number of nitro groups is 1. The van der Waals surface area contributed by atoms with Crippen molar-refractivity contribution in [3.8, 4) is 0 Å². The van der Waals surface area contributed by atoms with E-state index in [4.69, 9.17) is 11.6 Å². The van der Waals surface area contributed by atoms with Gasteiger partial charge in [0.25, 0.3) is 5.69 Å². The summed E-state index contributed by atoms with van der Waals surface area (Å²) in [5, 5.41) is 13.6. The minimum atomic E-state index is -0.830. The van der Waals surface area contributed by atoms with E-state index >= 15 is 0 Å². The minimum absolute atomic E-state index is 0.0333. The lowest BCUT2D eigenvalue weighted by molar-refractivity contribution is -0.384. The van der Waals surface area contributed by atoms with Crippen LogP contribution in [0.25, 0.3) is 0 Å². The number of rotatable bonds is 2. The fraction of sp³-hybridized carbons (Fsp3) is 0.455. The Balaban J connectivity index is 2.46. The van der Waals surface area contributed by atoms with Crippen molar-refractivity contribution in [2.75, 3.05) is 18.0 Å². The van der Waals surface area contributed by atoms with Crippen LogP contribution in [0.1, 0.15) is 13.8 Å². The van der Waals surface area contributed by atoms with Crippen LogP contribution in [-0.2, 0) is 4.79 Å². The van der Waals surface area contributed by atoms with Gasteiger partial charge in [0, 0.05) is 13.1 Å². The molecule has 8 heteroatoms. The Hall–Kier alpha value is -1.89. The van der Waals surface area contributed by atoms with Crippen molar-refractivity contribution in [2.24, 2.45) is 0 Å². The molecule has 102 valence electrons. The Morgan fingerprint density at radius 3 is 2.84 bits per heavy atom. The number of carbonyl (C=O) groups excluding carboxylic acids is 1. The van der Waals surface area contributed by atoms with Crippen LogP contribution in [0.4, 0.5) is 11.5 Å². The highest BCUT2D eigenvalue weighted by Crippen LogP contribution is 2.29. The number of carbonyl (C=O) groups is 1. The normalized spacial score (nSPS) is 18.1. The molecule has 7 nitrogen and oxygen atoms in total. The Labute approximate surface area is 114 Å². The molecule has 1 amide bonds. The fourth-order valence-electron chi connectivity index (χ4n) is 2.01. The lowest BCUT2D eigenvalue weighted by Gasteiger charge is -2.41. The maximum Gasteiger partial charge on any atom is 0.276 e. The maximum atomic E-state index is 11.9. The fourth-order valence-corrected chi connectivity index (χ4v) is 2.21. The standard InChI is InChI=1S/C11H13ClN4O3/c1-11(2)10(17)13-3-4-15(11)9-6-7(16(18)19)5-8(12)14-9/h5-6H,3-4H2,1-2H3,(H,13,17). The molecule has 0 aliphatic carbocycles. The largest absolute Gasteiger partial charge is 0.352 e. The topological polar surface area (TPSA) is 88.4 Å². The summed E-state index contributed by atoms with van der Waals surface area (Å²) >= 11 is 5.80. The van der Waals surface area contributed by atoms with Gasteiger partial charge in [-0.15, -0.1) is 0 Å². The first-order valence-electron chi connectivity index (χ1n) is 5.70. The Morgan fingerprint density at radius 1 is 1.53 bits per heavy atom. The number of hydrogen-bond acceptors (Lipinski definition) is 5. The monoisotopic (exact) mass is 284 g/mol. The van der Waals surface area contributed by atoms with Gasteiger partial charge in [-0.05, 0) is 13.8 Å². The zero-order valence-electron chi connectivity index (χ0n) is 10.5. The third-order valence-corrected chi connectivity index (χ3v) is 3.30. The highest BCUT2D eigenvalue weighted by atomic mass is 35.5.